The second kappa shape index (κ2) is 5.66. The van der Waals surface area contributed by atoms with E-state index in [9.17, 15) is 14.7 Å². The van der Waals surface area contributed by atoms with Gasteiger partial charge >= 0.3 is 0 Å². The lowest BCUT2D eigenvalue weighted by atomic mass is 9.81. The molecular formula is C15H18BrNO3. The van der Waals surface area contributed by atoms with E-state index < -0.39 is 11.5 Å². The summed E-state index contributed by atoms with van der Waals surface area (Å²) >= 11 is 3.36. The zero-order chi connectivity index (χ0) is 14.9. The summed E-state index contributed by atoms with van der Waals surface area (Å²) < 4.78 is 0.930. The summed E-state index contributed by atoms with van der Waals surface area (Å²) in [6, 6.07) is 7.44. The molecule has 1 saturated heterocycles. The molecule has 2 amide bonds. The number of β-amino-alcohol motifs (C(OH)–C–C–N with tert-alkyl or cyclic N) is 1. The topological polar surface area (TPSA) is 57.6 Å². The number of carbonyl (C=O) groups is 2. The molecule has 0 bridgehead atoms. The standard InChI is InChI=1S/C15H18BrNO3/c1-3-12(18)9-17-13(19)8-15(2,14(17)20)10-4-6-11(16)7-5-10/h4-7,12,18H,3,8-9H2,1-2H3/t12-,15-/m1/s1. The number of halogens is 1. The number of benzene rings is 1. The third kappa shape index (κ3) is 2.65. The normalized spacial score (nSPS) is 24.3. The number of aliphatic hydroxyl groups excluding tert-OH is 1. The largest absolute Gasteiger partial charge is 0.391 e. The van der Waals surface area contributed by atoms with Crippen LogP contribution in [0.15, 0.2) is 28.7 Å². The lowest BCUT2D eigenvalue weighted by Crippen LogP contribution is -2.40. The summed E-state index contributed by atoms with van der Waals surface area (Å²) in [6.07, 6.45) is 0.0193. The molecule has 2 atom stereocenters. The average molecular weight is 340 g/mol. The van der Waals surface area contributed by atoms with Crippen molar-refractivity contribution in [2.75, 3.05) is 6.54 Å². The van der Waals surface area contributed by atoms with Gasteiger partial charge in [0.05, 0.1) is 18.1 Å². The van der Waals surface area contributed by atoms with Gasteiger partial charge in [-0.3, -0.25) is 14.5 Å². The predicted octanol–water partition coefficient (Wildman–Crippen LogP) is 2.24. The van der Waals surface area contributed by atoms with Gasteiger partial charge in [-0.15, -0.1) is 0 Å². The minimum Gasteiger partial charge on any atom is -0.391 e. The Hall–Kier alpha value is -1.20. The molecule has 0 aromatic heterocycles. The molecule has 1 N–H and O–H groups in total. The molecule has 0 saturated carbocycles. The van der Waals surface area contributed by atoms with Gasteiger partial charge in [-0.2, -0.15) is 0 Å². The van der Waals surface area contributed by atoms with Crippen molar-refractivity contribution in [2.24, 2.45) is 0 Å². The van der Waals surface area contributed by atoms with Gasteiger partial charge in [0.25, 0.3) is 0 Å². The molecule has 1 aromatic carbocycles. The van der Waals surface area contributed by atoms with Crippen molar-refractivity contribution in [3.63, 3.8) is 0 Å². The number of imide groups is 1. The number of nitrogens with zero attached hydrogens (tertiary/aromatic N) is 1. The molecule has 5 heteroatoms. The number of hydrogen-bond acceptors (Lipinski definition) is 3. The Morgan fingerprint density at radius 1 is 1.35 bits per heavy atom. The zero-order valence-electron chi connectivity index (χ0n) is 11.6. The second-order valence-electron chi connectivity index (χ2n) is 5.39. The van der Waals surface area contributed by atoms with E-state index in [-0.39, 0.29) is 24.8 Å². The maximum Gasteiger partial charge on any atom is 0.240 e. The SMILES string of the molecule is CC[C@@H](O)CN1C(=O)C[C@](C)(c2ccc(Br)cc2)C1=O. The third-order valence-corrected chi connectivity index (χ3v) is 4.40. The van der Waals surface area contributed by atoms with Gasteiger partial charge in [0, 0.05) is 10.9 Å². The Balaban J connectivity index is 2.28. The first-order valence-corrected chi connectivity index (χ1v) is 7.46. The molecule has 108 valence electrons. The Morgan fingerprint density at radius 2 is 1.95 bits per heavy atom. The van der Waals surface area contributed by atoms with Crippen LogP contribution in [0.3, 0.4) is 0 Å². The van der Waals surface area contributed by atoms with Crippen LogP contribution in [-0.4, -0.2) is 34.5 Å². The molecule has 4 nitrogen and oxygen atoms in total. The summed E-state index contributed by atoms with van der Waals surface area (Å²) in [5.41, 5.74) is -0.00171. The molecule has 2 rings (SSSR count). The molecule has 0 radical (unpaired) electrons. The zero-order valence-corrected chi connectivity index (χ0v) is 13.2. The maximum atomic E-state index is 12.6. The Morgan fingerprint density at radius 3 is 2.50 bits per heavy atom. The van der Waals surface area contributed by atoms with Gasteiger partial charge in [0.2, 0.25) is 11.8 Å². The smallest absolute Gasteiger partial charge is 0.240 e. The van der Waals surface area contributed by atoms with Gasteiger partial charge < -0.3 is 5.11 Å². The van der Waals surface area contributed by atoms with Crippen molar-refractivity contribution in [2.45, 2.75) is 38.2 Å². The van der Waals surface area contributed by atoms with Gasteiger partial charge in [0.1, 0.15) is 0 Å². The van der Waals surface area contributed by atoms with Crippen LogP contribution in [0.2, 0.25) is 0 Å². The van der Waals surface area contributed by atoms with Gasteiger partial charge in [0.15, 0.2) is 0 Å². The minimum absolute atomic E-state index is 0.0836. The fourth-order valence-electron chi connectivity index (χ4n) is 2.45. The lowest BCUT2D eigenvalue weighted by Gasteiger charge is -2.23. The molecule has 1 fully saturated rings. The van der Waals surface area contributed by atoms with Crippen LogP contribution in [0.4, 0.5) is 0 Å². The van der Waals surface area contributed by atoms with Crippen LogP contribution in [0.1, 0.15) is 32.3 Å². The Labute approximate surface area is 126 Å². The first-order valence-electron chi connectivity index (χ1n) is 6.67. The van der Waals surface area contributed by atoms with Crippen molar-refractivity contribution >= 4 is 27.7 Å². The minimum atomic E-state index is -0.828. The highest BCUT2D eigenvalue weighted by molar-refractivity contribution is 9.10. The molecule has 1 aromatic rings. The highest BCUT2D eigenvalue weighted by Gasteiger charge is 2.49. The number of rotatable bonds is 4. The molecule has 0 spiro atoms. The van der Waals surface area contributed by atoms with Crippen LogP contribution >= 0.6 is 15.9 Å². The van der Waals surface area contributed by atoms with Crippen molar-refractivity contribution in [3.8, 4) is 0 Å². The van der Waals surface area contributed by atoms with E-state index in [4.69, 9.17) is 0 Å². The number of carbonyl (C=O) groups excluding carboxylic acids is 2. The number of likely N-dealkylation sites (tertiary alicyclic amines) is 1. The summed E-state index contributed by atoms with van der Waals surface area (Å²) in [7, 11) is 0. The fourth-order valence-corrected chi connectivity index (χ4v) is 2.72. The molecule has 1 aliphatic rings. The third-order valence-electron chi connectivity index (χ3n) is 3.87. The summed E-state index contributed by atoms with van der Waals surface area (Å²) in [4.78, 5) is 25.8. The van der Waals surface area contributed by atoms with E-state index in [1.807, 2.05) is 31.2 Å². The van der Waals surface area contributed by atoms with Gasteiger partial charge in [-0.25, -0.2) is 0 Å². The number of aliphatic hydroxyl groups is 1. The Kier molecular flexibility index (Phi) is 4.30. The van der Waals surface area contributed by atoms with Crippen LogP contribution in [0.5, 0.6) is 0 Å². The van der Waals surface area contributed by atoms with Crippen molar-refractivity contribution in [1.82, 2.24) is 4.90 Å². The summed E-state index contributed by atoms with van der Waals surface area (Å²) in [6.45, 7) is 3.69. The van der Waals surface area contributed by atoms with E-state index in [1.165, 1.54) is 4.90 Å². The molecule has 1 heterocycles. The number of amides is 2. The molecule has 1 aliphatic heterocycles. The van der Waals surface area contributed by atoms with E-state index in [1.54, 1.807) is 6.92 Å². The van der Waals surface area contributed by atoms with E-state index >= 15 is 0 Å². The van der Waals surface area contributed by atoms with Gasteiger partial charge in [-0.05, 0) is 31.0 Å². The summed E-state index contributed by atoms with van der Waals surface area (Å²) in [5, 5.41) is 9.68. The van der Waals surface area contributed by atoms with Gasteiger partial charge in [-0.1, -0.05) is 35.0 Å². The van der Waals surface area contributed by atoms with E-state index in [0.717, 1.165) is 10.0 Å². The lowest BCUT2D eigenvalue weighted by molar-refractivity contribution is -0.141. The highest BCUT2D eigenvalue weighted by Crippen LogP contribution is 2.36. The van der Waals surface area contributed by atoms with Crippen LogP contribution < -0.4 is 0 Å². The van der Waals surface area contributed by atoms with Crippen molar-refractivity contribution in [1.29, 1.82) is 0 Å². The maximum absolute atomic E-state index is 12.6. The Bertz CT molecular complexity index is 528. The quantitative estimate of drug-likeness (QED) is 0.856. The van der Waals surface area contributed by atoms with Crippen LogP contribution in [-0.2, 0) is 15.0 Å². The monoisotopic (exact) mass is 339 g/mol. The first kappa shape index (κ1) is 15.2. The van der Waals surface area contributed by atoms with E-state index in [2.05, 4.69) is 15.9 Å². The van der Waals surface area contributed by atoms with Crippen molar-refractivity contribution in [3.05, 3.63) is 34.3 Å². The van der Waals surface area contributed by atoms with E-state index in [0.29, 0.717) is 6.42 Å². The first-order chi connectivity index (χ1) is 9.38. The fraction of sp³-hybridized carbons (Fsp3) is 0.467. The highest BCUT2D eigenvalue weighted by atomic mass is 79.9. The average Bonchev–Trinajstić information content (AvgIpc) is 2.64. The predicted molar refractivity (Wildman–Crippen MR) is 79.1 cm³/mol. The van der Waals surface area contributed by atoms with Crippen molar-refractivity contribution < 1.29 is 14.7 Å². The van der Waals surface area contributed by atoms with Crippen LogP contribution in [0.25, 0.3) is 0 Å². The molecular weight excluding hydrogens is 322 g/mol. The molecule has 20 heavy (non-hydrogen) atoms. The summed E-state index contributed by atoms with van der Waals surface area (Å²) in [5.74, 6) is -0.440. The number of hydrogen-bond donors (Lipinski definition) is 1. The van der Waals surface area contributed by atoms with Crippen LogP contribution in [0, 0.1) is 0 Å². The molecule has 0 aliphatic carbocycles. The molecule has 0 unspecified atom stereocenters. The second-order valence-corrected chi connectivity index (χ2v) is 6.30.